The molecule has 0 aliphatic carbocycles. The fourth-order valence-electron chi connectivity index (χ4n) is 3.86. The monoisotopic (exact) mass is 446 g/mol. The van der Waals surface area contributed by atoms with E-state index in [4.69, 9.17) is 4.74 Å². The Morgan fingerprint density at radius 1 is 1.09 bits per heavy atom. The SMILES string of the molecule is CC(C)Oc1ccc(C2C(=C([O-])c3ccc(F)cc3)C(=O)C(=O)N2Cc2ccc[nH+]c2)cc1. The number of hydrogen-bond donors (Lipinski definition) is 0. The average molecular weight is 446 g/mol. The predicted molar refractivity (Wildman–Crippen MR) is 117 cm³/mol. The number of benzene rings is 2. The summed E-state index contributed by atoms with van der Waals surface area (Å²) in [5.74, 6) is -2.05. The van der Waals surface area contributed by atoms with Crippen LogP contribution in [0.1, 0.15) is 36.6 Å². The van der Waals surface area contributed by atoms with E-state index in [-0.39, 0.29) is 23.8 Å². The zero-order valence-corrected chi connectivity index (χ0v) is 18.2. The molecule has 6 nitrogen and oxygen atoms in total. The molecule has 1 aliphatic rings. The minimum Gasteiger partial charge on any atom is -0.872 e. The largest absolute Gasteiger partial charge is 0.872 e. The van der Waals surface area contributed by atoms with Crippen LogP contribution in [-0.2, 0) is 16.1 Å². The molecule has 33 heavy (non-hydrogen) atoms. The summed E-state index contributed by atoms with van der Waals surface area (Å²) < 4.78 is 19.1. The number of carbonyl (C=O) groups excluding carboxylic acids is 2. The summed E-state index contributed by atoms with van der Waals surface area (Å²) in [5.41, 5.74) is 1.38. The molecule has 168 valence electrons. The summed E-state index contributed by atoms with van der Waals surface area (Å²) in [4.78, 5) is 30.4. The molecule has 0 bridgehead atoms. The second kappa shape index (κ2) is 9.24. The highest BCUT2D eigenvalue weighted by Gasteiger charge is 2.44. The number of aromatic amines is 1. The lowest BCUT2D eigenvalue weighted by Crippen LogP contribution is -2.29. The number of hydrogen-bond acceptors (Lipinski definition) is 4. The van der Waals surface area contributed by atoms with E-state index in [0.717, 1.165) is 17.7 Å². The highest BCUT2D eigenvalue weighted by molar-refractivity contribution is 6.46. The fraction of sp³-hybridized carbons (Fsp3) is 0.192. The van der Waals surface area contributed by atoms with E-state index in [1.165, 1.54) is 17.0 Å². The third-order valence-corrected chi connectivity index (χ3v) is 5.33. The lowest BCUT2D eigenvalue weighted by molar-refractivity contribution is -0.378. The number of nitrogens with one attached hydrogen (secondary N) is 1. The van der Waals surface area contributed by atoms with Crippen molar-refractivity contribution in [3.8, 4) is 5.75 Å². The van der Waals surface area contributed by atoms with Crippen molar-refractivity contribution in [2.24, 2.45) is 0 Å². The van der Waals surface area contributed by atoms with Crippen molar-refractivity contribution in [2.45, 2.75) is 32.5 Å². The van der Waals surface area contributed by atoms with Gasteiger partial charge in [-0.3, -0.25) is 9.59 Å². The lowest BCUT2D eigenvalue weighted by atomic mass is 9.95. The van der Waals surface area contributed by atoms with Gasteiger partial charge in [-0.1, -0.05) is 30.0 Å². The van der Waals surface area contributed by atoms with Crippen molar-refractivity contribution in [2.75, 3.05) is 0 Å². The van der Waals surface area contributed by atoms with Crippen molar-refractivity contribution < 1.29 is 28.8 Å². The summed E-state index contributed by atoms with van der Waals surface area (Å²) in [6, 6.07) is 14.7. The Bertz CT molecular complexity index is 1190. The Morgan fingerprint density at radius 3 is 2.39 bits per heavy atom. The number of halogens is 1. The van der Waals surface area contributed by atoms with Crippen LogP contribution in [0.5, 0.6) is 5.75 Å². The van der Waals surface area contributed by atoms with Crippen molar-refractivity contribution in [1.82, 2.24) is 4.90 Å². The van der Waals surface area contributed by atoms with Crippen molar-refractivity contribution >= 4 is 17.4 Å². The molecule has 1 atom stereocenters. The molecule has 7 heteroatoms. The van der Waals surface area contributed by atoms with Crippen molar-refractivity contribution in [3.05, 3.63) is 101 Å². The molecular formula is C26H23FN2O4. The molecule has 0 saturated carbocycles. The first-order valence-electron chi connectivity index (χ1n) is 10.6. The Hall–Kier alpha value is -4.00. The van der Waals surface area contributed by atoms with Crippen LogP contribution < -0.4 is 14.8 Å². The maximum Gasteiger partial charge on any atom is 0.295 e. The molecule has 2 aromatic carbocycles. The number of pyridine rings is 1. The molecule has 4 rings (SSSR count). The van der Waals surface area contributed by atoms with Gasteiger partial charge in [0.1, 0.15) is 11.6 Å². The number of Topliss-reactive ketones (excluding diaryl/α,β-unsaturated/α-hetero) is 1. The summed E-state index contributed by atoms with van der Waals surface area (Å²) in [5, 5.41) is 13.3. The van der Waals surface area contributed by atoms with E-state index >= 15 is 0 Å². The molecule has 0 radical (unpaired) electrons. The third-order valence-electron chi connectivity index (χ3n) is 5.33. The quantitative estimate of drug-likeness (QED) is 0.331. The molecular weight excluding hydrogens is 423 g/mol. The van der Waals surface area contributed by atoms with Gasteiger partial charge in [-0.15, -0.1) is 0 Å². The van der Waals surface area contributed by atoms with Crippen molar-refractivity contribution in [1.29, 1.82) is 0 Å². The van der Waals surface area contributed by atoms with Gasteiger partial charge in [0.05, 0.1) is 18.7 Å². The Balaban J connectivity index is 1.81. The zero-order chi connectivity index (χ0) is 23.5. The van der Waals surface area contributed by atoms with Crippen LogP contribution in [0.25, 0.3) is 5.76 Å². The maximum absolute atomic E-state index is 13.4. The van der Waals surface area contributed by atoms with Crippen LogP contribution >= 0.6 is 0 Å². The topological polar surface area (TPSA) is 83.8 Å². The van der Waals surface area contributed by atoms with E-state index in [1.54, 1.807) is 42.7 Å². The van der Waals surface area contributed by atoms with Gasteiger partial charge in [0, 0.05) is 17.2 Å². The fourth-order valence-corrected chi connectivity index (χ4v) is 3.86. The van der Waals surface area contributed by atoms with Crippen LogP contribution in [0.3, 0.4) is 0 Å². The van der Waals surface area contributed by atoms with E-state index in [2.05, 4.69) is 4.98 Å². The van der Waals surface area contributed by atoms with Crippen LogP contribution in [0.4, 0.5) is 4.39 Å². The van der Waals surface area contributed by atoms with Crippen LogP contribution in [0, 0.1) is 5.82 Å². The van der Waals surface area contributed by atoms with Gasteiger partial charge >= 0.3 is 0 Å². The van der Waals surface area contributed by atoms with Gasteiger partial charge < -0.3 is 14.7 Å². The number of nitrogens with zero attached hydrogens (tertiary/aromatic N) is 1. The predicted octanol–water partition coefficient (Wildman–Crippen LogP) is 2.85. The summed E-state index contributed by atoms with van der Waals surface area (Å²) >= 11 is 0. The van der Waals surface area contributed by atoms with E-state index in [9.17, 15) is 19.1 Å². The first-order chi connectivity index (χ1) is 15.8. The molecule has 1 amide bonds. The van der Waals surface area contributed by atoms with Gasteiger partial charge in [-0.2, -0.15) is 0 Å². The molecule has 3 aromatic rings. The Morgan fingerprint density at radius 2 is 1.79 bits per heavy atom. The summed E-state index contributed by atoms with van der Waals surface area (Å²) in [7, 11) is 0. The number of likely N-dealkylation sites (tertiary alicyclic amines) is 1. The molecule has 1 aliphatic heterocycles. The molecule has 1 unspecified atom stereocenters. The number of carbonyl (C=O) groups is 2. The minimum atomic E-state index is -0.879. The van der Waals surface area contributed by atoms with Crippen LogP contribution in [0.15, 0.2) is 78.6 Å². The Labute approximate surface area is 191 Å². The standard InChI is InChI=1S/C26H23FN2O4/c1-16(2)33-21-11-7-18(8-12-21)23-22(24(30)19-5-9-20(27)10-6-19)25(31)26(32)29(23)15-17-4-3-13-28-14-17/h3-14,16,23,30H,15H2,1-2H3. The molecule has 1 N–H and O–H groups in total. The zero-order valence-electron chi connectivity index (χ0n) is 18.2. The highest BCUT2D eigenvalue weighted by Crippen LogP contribution is 2.40. The third kappa shape index (κ3) is 4.62. The van der Waals surface area contributed by atoms with Gasteiger partial charge in [0.25, 0.3) is 5.91 Å². The van der Waals surface area contributed by atoms with Crippen LogP contribution in [-0.4, -0.2) is 22.7 Å². The van der Waals surface area contributed by atoms with Crippen LogP contribution in [0.2, 0.25) is 0 Å². The maximum atomic E-state index is 13.4. The van der Waals surface area contributed by atoms with E-state index < -0.39 is 29.3 Å². The average Bonchev–Trinajstić information content (AvgIpc) is 3.05. The second-order valence-electron chi connectivity index (χ2n) is 8.06. The van der Waals surface area contributed by atoms with E-state index in [1.807, 2.05) is 19.9 Å². The molecule has 1 saturated heterocycles. The highest BCUT2D eigenvalue weighted by atomic mass is 19.1. The number of ether oxygens (including phenoxy) is 1. The van der Waals surface area contributed by atoms with Gasteiger partial charge in [0.15, 0.2) is 12.4 Å². The smallest absolute Gasteiger partial charge is 0.295 e. The number of ketones is 1. The van der Waals surface area contributed by atoms with E-state index in [0.29, 0.717) is 11.3 Å². The summed E-state index contributed by atoms with van der Waals surface area (Å²) in [6.45, 7) is 3.96. The lowest BCUT2D eigenvalue weighted by Gasteiger charge is -2.27. The van der Waals surface area contributed by atoms with Gasteiger partial charge in [0.2, 0.25) is 5.78 Å². The normalized spacial score (nSPS) is 17.6. The molecule has 0 spiro atoms. The first kappa shape index (κ1) is 22.2. The number of rotatable bonds is 6. The summed E-state index contributed by atoms with van der Waals surface area (Å²) in [6.07, 6.45) is 3.45. The molecule has 2 heterocycles. The number of H-pyrrole nitrogens is 1. The van der Waals surface area contributed by atoms with Gasteiger partial charge in [-0.05, 0) is 55.3 Å². The van der Waals surface area contributed by atoms with Gasteiger partial charge in [-0.25, -0.2) is 9.37 Å². The first-order valence-corrected chi connectivity index (χ1v) is 10.6. The number of aromatic nitrogens is 1. The number of amides is 1. The second-order valence-corrected chi connectivity index (χ2v) is 8.06. The minimum absolute atomic E-state index is 0.0153. The molecule has 1 aromatic heterocycles. The Kier molecular flexibility index (Phi) is 6.22. The molecule has 1 fully saturated rings. The van der Waals surface area contributed by atoms with Crippen molar-refractivity contribution in [3.63, 3.8) is 0 Å².